The molecular weight excluding hydrogens is 338 g/mol. The van der Waals surface area contributed by atoms with Crippen molar-refractivity contribution in [3.63, 3.8) is 0 Å². The molecular formula is C19H24F2N4O. The molecule has 0 spiro atoms. The van der Waals surface area contributed by atoms with Crippen molar-refractivity contribution in [1.29, 1.82) is 0 Å². The van der Waals surface area contributed by atoms with E-state index in [0.29, 0.717) is 17.1 Å². The second kappa shape index (κ2) is 7.31. The lowest BCUT2D eigenvalue weighted by molar-refractivity contribution is -0.135. The lowest BCUT2D eigenvalue weighted by atomic mass is 9.99. The maximum absolute atomic E-state index is 13.4. The Morgan fingerprint density at radius 2 is 2.15 bits per heavy atom. The number of piperidine rings is 1. The fraction of sp³-hybridized carbons (Fsp3) is 0.579. The molecule has 0 aliphatic carbocycles. The number of alkyl halides is 2. The number of nitrogens with zero attached hydrogens (tertiary/aromatic N) is 4. The number of carbonyl (C=O) groups excluding carboxylic acids is 1. The van der Waals surface area contributed by atoms with Crippen LogP contribution in [-0.4, -0.2) is 57.5 Å². The molecule has 2 aromatic rings. The topological polar surface area (TPSA) is 41.4 Å². The van der Waals surface area contributed by atoms with E-state index in [2.05, 4.69) is 9.88 Å². The largest absolute Gasteiger partial charge is 0.340 e. The van der Waals surface area contributed by atoms with Crippen molar-refractivity contribution in [3.8, 4) is 0 Å². The van der Waals surface area contributed by atoms with Gasteiger partial charge in [-0.05, 0) is 37.6 Å². The van der Waals surface area contributed by atoms with Crippen molar-refractivity contribution in [2.45, 2.75) is 44.7 Å². The van der Waals surface area contributed by atoms with Crippen LogP contribution in [0, 0.1) is 0 Å². The zero-order valence-corrected chi connectivity index (χ0v) is 14.8. The molecule has 0 aromatic carbocycles. The lowest BCUT2D eigenvalue weighted by Crippen LogP contribution is -2.56. The van der Waals surface area contributed by atoms with Gasteiger partial charge in [0.2, 0.25) is 5.91 Å². The van der Waals surface area contributed by atoms with Crippen LogP contribution in [0.1, 0.15) is 37.8 Å². The summed E-state index contributed by atoms with van der Waals surface area (Å²) in [6.07, 6.45) is 2.86. The van der Waals surface area contributed by atoms with E-state index >= 15 is 0 Å². The molecule has 2 aliphatic rings. The van der Waals surface area contributed by atoms with E-state index in [1.165, 1.54) is 23.5 Å². The first-order valence-corrected chi connectivity index (χ1v) is 9.37. The van der Waals surface area contributed by atoms with E-state index in [0.717, 1.165) is 32.6 Å². The molecule has 0 N–H and O–H groups in total. The predicted octanol–water partition coefficient (Wildman–Crippen LogP) is 3.06. The van der Waals surface area contributed by atoms with E-state index in [1.54, 1.807) is 18.3 Å². The Morgan fingerprint density at radius 1 is 1.27 bits per heavy atom. The summed E-state index contributed by atoms with van der Waals surface area (Å²) in [6.45, 7) is 3.80. The highest BCUT2D eigenvalue weighted by molar-refractivity contribution is 5.79. The fourth-order valence-corrected chi connectivity index (χ4v) is 4.27. The Labute approximate surface area is 151 Å². The molecule has 0 radical (unpaired) electrons. The van der Waals surface area contributed by atoms with E-state index < -0.39 is 6.43 Å². The number of carbonyl (C=O) groups is 1. The number of amides is 1. The number of hydrogen-bond donors (Lipinski definition) is 0. The molecule has 2 aromatic heterocycles. The highest BCUT2D eigenvalue weighted by Crippen LogP contribution is 2.27. The van der Waals surface area contributed by atoms with Gasteiger partial charge in [-0.3, -0.25) is 9.69 Å². The van der Waals surface area contributed by atoms with E-state index in [9.17, 15) is 13.6 Å². The predicted molar refractivity (Wildman–Crippen MR) is 95.1 cm³/mol. The zero-order valence-electron chi connectivity index (χ0n) is 14.8. The van der Waals surface area contributed by atoms with Crippen molar-refractivity contribution in [1.82, 2.24) is 19.4 Å². The van der Waals surface area contributed by atoms with Crippen molar-refractivity contribution >= 4 is 16.9 Å². The molecule has 1 atom stereocenters. The molecule has 0 saturated carbocycles. The van der Waals surface area contributed by atoms with E-state index in [4.69, 9.17) is 0 Å². The van der Waals surface area contributed by atoms with Crippen molar-refractivity contribution < 1.29 is 13.6 Å². The maximum atomic E-state index is 13.4. The van der Waals surface area contributed by atoms with Crippen LogP contribution in [0.5, 0.6) is 0 Å². The van der Waals surface area contributed by atoms with Crippen LogP contribution in [-0.2, 0) is 11.3 Å². The first kappa shape index (κ1) is 17.4. The van der Waals surface area contributed by atoms with Gasteiger partial charge in [-0.2, -0.15) is 0 Å². The minimum atomic E-state index is -2.58. The van der Waals surface area contributed by atoms with Gasteiger partial charge in [0.05, 0.1) is 5.69 Å². The number of hydrogen-bond acceptors (Lipinski definition) is 3. The minimum Gasteiger partial charge on any atom is -0.340 e. The lowest BCUT2D eigenvalue weighted by Gasteiger charge is -2.44. The highest BCUT2D eigenvalue weighted by Gasteiger charge is 2.31. The van der Waals surface area contributed by atoms with Crippen LogP contribution >= 0.6 is 0 Å². The molecule has 2 aliphatic heterocycles. The van der Waals surface area contributed by atoms with Crippen LogP contribution in [0.2, 0.25) is 0 Å². The second-order valence-corrected chi connectivity index (χ2v) is 7.21. The van der Waals surface area contributed by atoms with Gasteiger partial charge in [0.15, 0.2) is 0 Å². The quantitative estimate of drug-likeness (QED) is 0.839. The van der Waals surface area contributed by atoms with Gasteiger partial charge < -0.3 is 9.47 Å². The summed E-state index contributed by atoms with van der Waals surface area (Å²) in [5.41, 5.74) is 0.455. The number of halogens is 2. The monoisotopic (exact) mass is 362 g/mol. The number of pyridine rings is 1. The van der Waals surface area contributed by atoms with Crippen LogP contribution in [0.25, 0.3) is 11.0 Å². The molecule has 0 bridgehead atoms. The first-order chi connectivity index (χ1) is 12.6. The molecule has 2 saturated heterocycles. The number of aromatic nitrogens is 2. The summed E-state index contributed by atoms with van der Waals surface area (Å²) in [7, 11) is 0. The third kappa shape index (κ3) is 3.32. The molecule has 26 heavy (non-hydrogen) atoms. The standard InChI is InChI=1S/C19H24F2N4O/c20-18(21)16-12-14-4-3-7-22-19(14)25(16)9-6-17(26)24-11-10-23-8-2-1-5-15(23)13-24/h3-4,7,12,15,18H,1-2,5-6,8-11,13H2/t15-/m1/s1. The maximum Gasteiger partial charge on any atom is 0.278 e. The Morgan fingerprint density at radius 3 is 3.00 bits per heavy atom. The summed E-state index contributed by atoms with van der Waals surface area (Å²) < 4.78 is 28.3. The van der Waals surface area contributed by atoms with Crippen LogP contribution in [0.15, 0.2) is 24.4 Å². The molecule has 2 fully saturated rings. The van der Waals surface area contributed by atoms with Gasteiger partial charge in [0.1, 0.15) is 5.65 Å². The number of fused-ring (bicyclic) bond motifs is 2. The number of rotatable bonds is 4. The average molecular weight is 362 g/mol. The van der Waals surface area contributed by atoms with Gasteiger partial charge in [0.25, 0.3) is 6.43 Å². The Balaban J connectivity index is 1.45. The van der Waals surface area contributed by atoms with E-state index in [1.807, 2.05) is 4.90 Å². The number of piperazine rings is 1. The zero-order chi connectivity index (χ0) is 18.1. The Bertz CT molecular complexity index is 791. The second-order valence-electron chi connectivity index (χ2n) is 7.21. The summed E-state index contributed by atoms with van der Waals surface area (Å²) in [5.74, 6) is 0.0493. The Hall–Kier alpha value is -2.02. The average Bonchev–Trinajstić information content (AvgIpc) is 3.04. The molecule has 4 heterocycles. The molecule has 7 heteroatoms. The van der Waals surface area contributed by atoms with Crippen LogP contribution < -0.4 is 0 Å². The first-order valence-electron chi connectivity index (χ1n) is 9.37. The summed E-state index contributed by atoms with van der Waals surface area (Å²) in [5, 5.41) is 0.686. The van der Waals surface area contributed by atoms with Crippen LogP contribution in [0.3, 0.4) is 0 Å². The third-order valence-corrected chi connectivity index (χ3v) is 5.65. The van der Waals surface area contributed by atoms with Gasteiger partial charge in [0, 0.05) is 50.2 Å². The van der Waals surface area contributed by atoms with Gasteiger partial charge in [-0.25, -0.2) is 13.8 Å². The molecule has 4 rings (SSSR count). The van der Waals surface area contributed by atoms with Crippen molar-refractivity contribution in [2.24, 2.45) is 0 Å². The normalized spacial score (nSPS) is 21.3. The third-order valence-electron chi connectivity index (χ3n) is 5.65. The fourth-order valence-electron chi connectivity index (χ4n) is 4.27. The highest BCUT2D eigenvalue weighted by atomic mass is 19.3. The molecule has 5 nitrogen and oxygen atoms in total. The summed E-state index contributed by atoms with van der Waals surface area (Å²) in [4.78, 5) is 21.3. The molecule has 0 unspecified atom stereocenters. The summed E-state index contributed by atoms with van der Waals surface area (Å²) in [6, 6.07) is 5.44. The summed E-state index contributed by atoms with van der Waals surface area (Å²) >= 11 is 0. The van der Waals surface area contributed by atoms with Gasteiger partial charge >= 0.3 is 0 Å². The number of aryl methyl sites for hydroxylation is 1. The van der Waals surface area contributed by atoms with Crippen molar-refractivity contribution in [3.05, 3.63) is 30.1 Å². The van der Waals surface area contributed by atoms with Gasteiger partial charge in [-0.15, -0.1) is 0 Å². The SMILES string of the molecule is O=C(CCn1c(C(F)F)cc2cccnc21)N1CCN2CCCC[C@@H]2C1. The minimum absolute atomic E-state index is 0.0493. The van der Waals surface area contributed by atoms with Crippen LogP contribution in [0.4, 0.5) is 8.78 Å². The molecule has 140 valence electrons. The van der Waals surface area contributed by atoms with Crippen molar-refractivity contribution in [2.75, 3.05) is 26.2 Å². The smallest absolute Gasteiger partial charge is 0.278 e. The Kier molecular flexibility index (Phi) is 4.89. The molecule has 1 amide bonds. The van der Waals surface area contributed by atoms with E-state index in [-0.39, 0.29) is 24.6 Å². The van der Waals surface area contributed by atoms with Gasteiger partial charge in [-0.1, -0.05) is 6.42 Å².